The van der Waals surface area contributed by atoms with Gasteiger partial charge in [-0.1, -0.05) is 39.7 Å². The Morgan fingerprint density at radius 1 is 1.22 bits per heavy atom. The van der Waals surface area contributed by atoms with Crippen LogP contribution in [0.1, 0.15) is 21.5 Å². The maximum absolute atomic E-state index is 13.3. The zero-order valence-electron chi connectivity index (χ0n) is 9.55. The van der Waals surface area contributed by atoms with E-state index in [0.717, 1.165) is 14.7 Å². The molecule has 0 aliphatic carbocycles. The van der Waals surface area contributed by atoms with Gasteiger partial charge in [-0.15, -0.1) is 0 Å². The highest BCUT2D eigenvalue weighted by molar-refractivity contribution is 14.1. The van der Waals surface area contributed by atoms with Crippen LogP contribution in [0.4, 0.5) is 4.39 Å². The molecule has 0 bridgehead atoms. The van der Waals surface area contributed by atoms with Crippen molar-refractivity contribution in [1.29, 1.82) is 0 Å². The lowest BCUT2D eigenvalue weighted by Crippen LogP contribution is -1.97. The molecule has 2 aromatic carbocycles. The first-order valence-corrected chi connectivity index (χ1v) is 7.71. The number of hydrogen-bond donors (Lipinski definition) is 0. The van der Waals surface area contributed by atoms with Crippen LogP contribution in [0.3, 0.4) is 0 Å². The van der Waals surface area contributed by atoms with Crippen molar-refractivity contribution in [2.24, 2.45) is 0 Å². The molecule has 0 aliphatic rings. The number of alkyl halides is 1. The molecule has 1 atom stereocenters. The predicted octanol–water partition coefficient (Wildman–Crippen LogP) is 5.88. The highest BCUT2D eigenvalue weighted by Crippen LogP contribution is 2.35. The first kappa shape index (κ1) is 14.3. The SMILES string of the molecule is Cc1cc(C(Br)c2cc(Cl)ccc2I)ccc1F. The van der Waals surface area contributed by atoms with Gasteiger partial charge in [0.25, 0.3) is 0 Å². The Morgan fingerprint density at radius 2 is 1.94 bits per heavy atom. The molecule has 2 aromatic rings. The minimum atomic E-state index is -0.181. The summed E-state index contributed by atoms with van der Waals surface area (Å²) in [6.45, 7) is 1.77. The van der Waals surface area contributed by atoms with Gasteiger partial charge in [-0.25, -0.2) is 4.39 Å². The van der Waals surface area contributed by atoms with Crippen molar-refractivity contribution in [3.63, 3.8) is 0 Å². The highest BCUT2D eigenvalue weighted by Gasteiger charge is 2.15. The molecule has 2 rings (SSSR count). The van der Waals surface area contributed by atoms with Gasteiger partial charge in [-0.05, 0) is 70.5 Å². The van der Waals surface area contributed by atoms with E-state index in [1.807, 2.05) is 24.3 Å². The topological polar surface area (TPSA) is 0 Å². The average Bonchev–Trinajstić information content (AvgIpc) is 2.35. The highest BCUT2D eigenvalue weighted by atomic mass is 127. The standard InChI is InChI=1S/C14H10BrClFI/c1-8-6-9(2-4-12(8)17)14(15)11-7-10(16)3-5-13(11)18/h2-7,14H,1H3. The molecule has 4 heteroatoms. The van der Waals surface area contributed by atoms with Crippen LogP contribution in [-0.4, -0.2) is 0 Å². The van der Waals surface area contributed by atoms with Crippen molar-refractivity contribution in [1.82, 2.24) is 0 Å². The number of hydrogen-bond acceptors (Lipinski definition) is 0. The van der Waals surface area contributed by atoms with Gasteiger partial charge in [-0.3, -0.25) is 0 Å². The Morgan fingerprint density at radius 3 is 2.61 bits per heavy atom. The quantitative estimate of drug-likeness (QED) is 0.405. The molecule has 0 saturated heterocycles. The van der Waals surface area contributed by atoms with Crippen molar-refractivity contribution in [3.05, 3.63) is 67.5 Å². The second-order valence-corrected chi connectivity index (χ2v) is 6.55. The lowest BCUT2D eigenvalue weighted by Gasteiger charge is -2.14. The Kier molecular flexibility index (Phi) is 4.67. The molecule has 18 heavy (non-hydrogen) atoms. The van der Waals surface area contributed by atoms with Crippen LogP contribution in [0.15, 0.2) is 36.4 Å². The second-order valence-electron chi connectivity index (χ2n) is 4.04. The minimum absolute atomic E-state index is 0.0161. The number of halogens is 4. The van der Waals surface area contributed by atoms with Crippen LogP contribution in [0.25, 0.3) is 0 Å². The molecule has 94 valence electrons. The Bertz CT molecular complexity index is 586. The number of rotatable bonds is 2. The van der Waals surface area contributed by atoms with Crippen LogP contribution in [0.2, 0.25) is 5.02 Å². The summed E-state index contributed by atoms with van der Waals surface area (Å²) in [5.74, 6) is -0.181. The average molecular weight is 439 g/mol. The van der Waals surface area contributed by atoms with Crippen LogP contribution in [-0.2, 0) is 0 Å². The molecule has 0 nitrogen and oxygen atoms in total. The van der Waals surface area contributed by atoms with Crippen molar-refractivity contribution >= 4 is 50.1 Å². The molecule has 0 saturated carbocycles. The molecule has 0 aliphatic heterocycles. The van der Waals surface area contributed by atoms with Crippen molar-refractivity contribution in [2.75, 3.05) is 0 Å². The van der Waals surface area contributed by atoms with E-state index in [2.05, 4.69) is 38.5 Å². The van der Waals surface area contributed by atoms with Gasteiger partial charge in [0.1, 0.15) is 5.82 Å². The normalized spacial score (nSPS) is 12.5. The number of benzene rings is 2. The Balaban J connectivity index is 2.44. The predicted molar refractivity (Wildman–Crippen MR) is 86.1 cm³/mol. The maximum Gasteiger partial charge on any atom is 0.126 e. The van der Waals surface area contributed by atoms with Gasteiger partial charge in [0.2, 0.25) is 0 Å². The monoisotopic (exact) mass is 438 g/mol. The van der Waals surface area contributed by atoms with Gasteiger partial charge in [-0.2, -0.15) is 0 Å². The Hall–Kier alpha value is -0.130. The molecule has 0 heterocycles. The molecular formula is C14H10BrClFI. The molecule has 0 spiro atoms. The van der Waals surface area contributed by atoms with Crippen molar-refractivity contribution in [2.45, 2.75) is 11.8 Å². The fraction of sp³-hybridized carbons (Fsp3) is 0.143. The fourth-order valence-corrected chi connectivity index (χ4v) is 3.63. The van der Waals surface area contributed by atoms with Gasteiger partial charge in [0.15, 0.2) is 0 Å². The van der Waals surface area contributed by atoms with Gasteiger partial charge >= 0.3 is 0 Å². The first-order chi connectivity index (χ1) is 8.49. The van der Waals surface area contributed by atoms with Gasteiger partial charge in [0.05, 0.1) is 4.83 Å². The summed E-state index contributed by atoms with van der Waals surface area (Å²) in [5.41, 5.74) is 2.76. The fourth-order valence-electron chi connectivity index (χ4n) is 1.71. The van der Waals surface area contributed by atoms with E-state index in [-0.39, 0.29) is 10.6 Å². The lowest BCUT2D eigenvalue weighted by atomic mass is 10.0. The van der Waals surface area contributed by atoms with Gasteiger partial charge < -0.3 is 0 Å². The summed E-state index contributed by atoms with van der Waals surface area (Å²) >= 11 is 11.9. The molecule has 0 amide bonds. The number of aryl methyl sites for hydroxylation is 1. The molecular weight excluding hydrogens is 429 g/mol. The first-order valence-electron chi connectivity index (χ1n) is 5.34. The summed E-state index contributed by atoms with van der Waals surface area (Å²) < 4.78 is 14.4. The third-order valence-corrected chi connectivity index (χ3v) is 4.95. The zero-order valence-corrected chi connectivity index (χ0v) is 14.1. The third kappa shape index (κ3) is 3.06. The summed E-state index contributed by atoms with van der Waals surface area (Å²) in [5, 5.41) is 0.702. The van der Waals surface area contributed by atoms with Crippen LogP contribution in [0, 0.1) is 16.3 Å². The van der Waals surface area contributed by atoms with E-state index in [1.165, 1.54) is 6.07 Å². The van der Waals surface area contributed by atoms with E-state index < -0.39 is 0 Å². The van der Waals surface area contributed by atoms with E-state index in [9.17, 15) is 4.39 Å². The Labute approximate surface area is 133 Å². The van der Waals surface area contributed by atoms with Crippen LogP contribution < -0.4 is 0 Å². The second kappa shape index (κ2) is 5.88. The maximum atomic E-state index is 13.3. The third-order valence-electron chi connectivity index (χ3n) is 2.71. The van der Waals surface area contributed by atoms with E-state index in [4.69, 9.17) is 11.6 Å². The van der Waals surface area contributed by atoms with Crippen LogP contribution >= 0.6 is 50.1 Å². The van der Waals surface area contributed by atoms with E-state index >= 15 is 0 Å². The van der Waals surface area contributed by atoms with Crippen molar-refractivity contribution in [3.8, 4) is 0 Å². The largest absolute Gasteiger partial charge is 0.207 e. The summed E-state index contributed by atoms with van der Waals surface area (Å²) in [6, 6.07) is 10.9. The minimum Gasteiger partial charge on any atom is -0.207 e. The lowest BCUT2D eigenvalue weighted by molar-refractivity contribution is 0.617. The summed E-state index contributed by atoms with van der Waals surface area (Å²) in [4.78, 5) is 0.0161. The zero-order chi connectivity index (χ0) is 13.3. The summed E-state index contributed by atoms with van der Waals surface area (Å²) in [6.07, 6.45) is 0. The molecule has 0 radical (unpaired) electrons. The smallest absolute Gasteiger partial charge is 0.126 e. The molecule has 0 fully saturated rings. The van der Waals surface area contributed by atoms with E-state index in [1.54, 1.807) is 13.0 Å². The van der Waals surface area contributed by atoms with E-state index in [0.29, 0.717) is 10.6 Å². The molecule has 0 aromatic heterocycles. The van der Waals surface area contributed by atoms with Gasteiger partial charge in [0, 0.05) is 8.59 Å². The summed E-state index contributed by atoms with van der Waals surface area (Å²) in [7, 11) is 0. The van der Waals surface area contributed by atoms with Crippen LogP contribution in [0.5, 0.6) is 0 Å². The molecule has 0 N–H and O–H groups in total. The van der Waals surface area contributed by atoms with Crippen molar-refractivity contribution < 1.29 is 4.39 Å². The molecule has 1 unspecified atom stereocenters.